The maximum atomic E-state index is 12.6. The first-order valence-corrected chi connectivity index (χ1v) is 9.79. The van der Waals surface area contributed by atoms with Gasteiger partial charge in [-0.2, -0.15) is 5.10 Å². The lowest BCUT2D eigenvalue weighted by Gasteiger charge is -2.16. The van der Waals surface area contributed by atoms with Gasteiger partial charge < -0.3 is 14.2 Å². The molecule has 2 aromatic rings. The molecule has 0 fully saturated rings. The van der Waals surface area contributed by atoms with Crippen molar-refractivity contribution in [1.29, 1.82) is 0 Å². The summed E-state index contributed by atoms with van der Waals surface area (Å²) in [6, 6.07) is 7.30. The molecule has 6 nitrogen and oxygen atoms in total. The fraction of sp³-hybridized carbons (Fsp3) is 0.400. The van der Waals surface area contributed by atoms with E-state index < -0.39 is 0 Å². The van der Waals surface area contributed by atoms with Crippen molar-refractivity contribution in [2.24, 2.45) is 5.10 Å². The predicted molar refractivity (Wildman–Crippen MR) is 109 cm³/mol. The fourth-order valence-corrected chi connectivity index (χ4v) is 3.22. The van der Waals surface area contributed by atoms with E-state index in [0.717, 1.165) is 10.6 Å². The number of thiophene rings is 1. The van der Waals surface area contributed by atoms with E-state index in [1.54, 1.807) is 23.5 Å². The van der Waals surface area contributed by atoms with Gasteiger partial charge in [0.25, 0.3) is 5.91 Å². The highest BCUT2D eigenvalue weighted by molar-refractivity contribution is 7.14. The lowest BCUT2D eigenvalue weighted by Crippen LogP contribution is -2.19. The average molecular weight is 391 g/mol. The summed E-state index contributed by atoms with van der Waals surface area (Å²) in [5.41, 5.74) is 3.75. The fourth-order valence-electron chi connectivity index (χ4n) is 2.40. The SMILES string of the molecule is CCOc1cc(C(=O)NN=C(C)c2ccc(C)s2)cc(OCC)c1OCC. The number of hydrazone groups is 1. The van der Waals surface area contributed by atoms with E-state index in [-0.39, 0.29) is 5.91 Å². The van der Waals surface area contributed by atoms with Crippen LogP contribution < -0.4 is 19.6 Å². The quantitative estimate of drug-likeness (QED) is 0.509. The minimum atomic E-state index is -0.340. The summed E-state index contributed by atoms with van der Waals surface area (Å²) in [6.45, 7) is 10.9. The van der Waals surface area contributed by atoms with Gasteiger partial charge in [-0.1, -0.05) is 0 Å². The van der Waals surface area contributed by atoms with Crippen molar-refractivity contribution in [3.05, 3.63) is 39.6 Å². The van der Waals surface area contributed by atoms with E-state index in [2.05, 4.69) is 10.5 Å². The van der Waals surface area contributed by atoms with Crippen molar-refractivity contribution in [3.8, 4) is 17.2 Å². The monoisotopic (exact) mass is 390 g/mol. The molecule has 7 heteroatoms. The van der Waals surface area contributed by atoms with Crippen molar-refractivity contribution in [2.45, 2.75) is 34.6 Å². The summed E-state index contributed by atoms with van der Waals surface area (Å²) in [5, 5.41) is 4.21. The van der Waals surface area contributed by atoms with Gasteiger partial charge in [-0.25, -0.2) is 5.43 Å². The molecule has 0 atom stereocenters. The molecule has 0 spiro atoms. The van der Waals surface area contributed by atoms with Gasteiger partial charge in [-0.3, -0.25) is 4.79 Å². The Morgan fingerprint density at radius 3 is 2.11 bits per heavy atom. The van der Waals surface area contributed by atoms with Crippen LogP contribution in [-0.4, -0.2) is 31.4 Å². The number of aryl methyl sites for hydroxylation is 1. The summed E-state index contributed by atoms with van der Waals surface area (Å²) >= 11 is 1.63. The Hall–Kier alpha value is -2.54. The van der Waals surface area contributed by atoms with Crippen LogP contribution in [0, 0.1) is 6.92 Å². The van der Waals surface area contributed by atoms with E-state index in [0.29, 0.717) is 42.6 Å². The van der Waals surface area contributed by atoms with Gasteiger partial charge in [0.05, 0.1) is 30.4 Å². The van der Waals surface area contributed by atoms with E-state index in [1.807, 2.05) is 46.8 Å². The van der Waals surface area contributed by atoms with Crippen molar-refractivity contribution in [2.75, 3.05) is 19.8 Å². The number of hydrogen-bond donors (Lipinski definition) is 1. The third-order valence-corrected chi connectivity index (χ3v) is 4.70. The van der Waals surface area contributed by atoms with Crippen molar-refractivity contribution < 1.29 is 19.0 Å². The third kappa shape index (κ3) is 5.47. The van der Waals surface area contributed by atoms with Gasteiger partial charge in [0, 0.05) is 10.4 Å². The second kappa shape index (κ2) is 9.97. The van der Waals surface area contributed by atoms with Crippen LogP contribution in [0.1, 0.15) is 47.8 Å². The molecule has 1 N–H and O–H groups in total. The molecule has 27 heavy (non-hydrogen) atoms. The number of amides is 1. The van der Waals surface area contributed by atoms with Crippen LogP contribution in [0.15, 0.2) is 29.4 Å². The van der Waals surface area contributed by atoms with Crippen LogP contribution in [0.3, 0.4) is 0 Å². The van der Waals surface area contributed by atoms with Gasteiger partial charge in [-0.05, 0) is 58.9 Å². The average Bonchev–Trinajstić information content (AvgIpc) is 3.08. The second-order valence-corrected chi connectivity index (χ2v) is 6.94. The molecule has 1 heterocycles. The number of carbonyl (C=O) groups excluding carboxylic acids is 1. The number of benzene rings is 1. The smallest absolute Gasteiger partial charge is 0.271 e. The highest BCUT2D eigenvalue weighted by atomic mass is 32.1. The van der Waals surface area contributed by atoms with Crippen molar-refractivity contribution >= 4 is 23.0 Å². The van der Waals surface area contributed by atoms with E-state index in [1.165, 1.54) is 4.88 Å². The zero-order valence-electron chi connectivity index (χ0n) is 16.4. The van der Waals surface area contributed by atoms with Crippen LogP contribution in [-0.2, 0) is 0 Å². The minimum absolute atomic E-state index is 0.340. The molecule has 0 aliphatic rings. The topological polar surface area (TPSA) is 69.2 Å². The first-order chi connectivity index (χ1) is 13.0. The Balaban J connectivity index is 2.28. The molecule has 0 bridgehead atoms. The Bertz CT molecular complexity index is 787. The standard InChI is InChI=1S/C20H26N2O4S/c1-6-24-16-11-15(12-17(25-7-2)19(16)26-8-3)20(23)22-21-14(5)18-10-9-13(4)27-18/h9-12H,6-8H2,1-5H3,(H,22,23). The summed E-state index contributed by atoms with van der Waals surface area (Å²) in [6.07, 6.45) is 0. The molecule has 0 saturated heterocycles. The van der Waals surface area contributed by atoms with Gasteiger partial charge in [0.2, 0.25) is 5.75 Å². The van der Waals surface area contributed by atoms with E-state index in [4.69, 9.17) is 14.2 Å². The van der Waals surface area contributed by atoms with E-state index >= 15 is 0 Å². The molecular formula is C20H26N2O4S. The first kappa shape index (κ1) is 20.8. The largest absolute Gasteiger partial charge is 0.490 e. The molecule has 0 aliphatic carbocycles. The molecule has 1 aromatic heterocycles. The molecule has 0 radical (unpaired) electrons. The van der Waals surface area contributed by atoms with Crippen LogP contribution in [0.25, 0.3) is 0 Å². The molecule has 2 rings (SSSR count). The van der Waals surface area contributed by atoms with E-state index in [9.17, 15) is 4.79 Å². The van der Waals surface area contributed by atoms with Crippen LogP contribution >= 0.6 is 11.3 Å². The zero-order valence-corrected chi connectivity index (χ0v) is 17.2. The van der Waals surface area contributed by atoms with Crippen LogP contribution in [0.5, 0.6) is 17.2 Å². The molecular weight excluding hydrogens is 364 g/mol. The lowest BCUT2D eigenvalue weighted by atomic mass is 10.1. The summed E-state index contributed by atoms with van der Waals surface area (Å²) in [5.74, 6) is 1.12. The number of nitrogens with one attached hydrogen (secondary N) is 1. The lowest BCUT2D eigenvalue weighted by molar-refractivity contribution is 0.0953. The number of hydrogen-bond acceptors (Lipinski definition) is 6. The summed E-state index contributed by atoms with van der Waals surface area (Å²) in [4.78, 5) is 14.8. The number of nitrogens with zero attached hydrogens (tertiary/aromatic N) is 1. The highest BCUT2D eigenvalue weighted by Gasteiger charge is 2.18. The maximum Gasteiger partial charge on any atom is 0.271 e. The Morgan fingerprint density at radius 2 is 1.63 bits per heavy atom. The zero-order chi connectivity index (χ0) is 19.8. The van der Waals surface area contributed by atoms with Crippen molar-refractivity contribution in [1.82, 2.24) is 5.43 Å². The van der Waals surface area contributed by atoms with Gasteiger partial charge in [0.1, 0.15) is 0 Å². The van der Waals surface area contributed by atoms with Crippen LogP contribution in [0.4, 0.5) is 0 Å². The van der Waals surface area contributed by atoms with Crippen molar-refractivity contribution in [3.63, 3.8) is 0 Å². The maximum absolute atomic E-state index is 12.6. The normalized spacial score (nSPS) is 11.2. The van der Waals surface area contributed by atoms with Gasteiger partial charge >= 0.3 is 0 Å². The molecule has 0 aliphatic heterocycles. The molecule has 0 saturated carbocycles. The second-order valence-electron chi connectivity index (χ2n) is 5.65. The summed E-state index contributed by atoms with van der Waals surface area (Å²) in [7, 11) is 0. The molecule has 1 aromatic carbocycles. The molecule has 0 unspecified atom stereocenters. The molecule has 146 valence electrons. The number of carbonyl (C=O) groups is 1. The summed E-state index contributed by atoms with van der Waals surface area (Å²) < 4.78 is 17.0. The first-order valence-electron chi connectivity index (χ1n) is 8.97. The number of rotatable bonds is 9. The number of ether oxygens (including phenoxy) is 3. The highest BCUT2D eigenvalue weighted by Crippen LogP contribution is 2.39. The molecule has 1 amide bonds. The van der Waals surface area contributed by atoms with Gasteiger partial charge in [0.15, 0.2) is 11.5 Å². The Morgan fingerprint density at radius 1 is 1.04 bits per heavy atom. The predicted octanol–water partition coefficient (Wildman–Crippen LogP) is 4.41. The Labute approximate surface area is 164 Å². The minimum Gasteiger partial charge on any atom is -0.490 e. The Kier molecular flexibility index (Phi) is 7.67. The third-order valence-electron chi connectivity index (χ3n) is 3.59. The van der Waals surface area contributed by atoms with Crippen LogP contribution in [0.2, 0.25) is 0 Å². The van der Waals surface area contributed by atoms with Gasteiger partial charge in [-0.15, -0.1) is 11.3 Å².